The number of carbonyl (C=O) groups is 1. The van der Waals surface area contributed by atoms with Crippen molar-refractivity contribution in [1.82, 2.24) is 0 Å². The topological polar surface area (TPSA) is 38.7 Å². The third kappa shape index (κ3) is 1.54. The first-order valence-corrected chi connectivity index (χ1v) is 4.80. The summed E-state index contributed by atoms with van der Waals surface area (Å²) in [7, 11) is 1.56. The van der Waals surface area contributed by atoms with E-state index in [1.165, 1.54) is 11.8 Å². The first-order chi connectivity index (χ1) is 5.64. The van der Waals surface area contributed by atoms with Gasteiger partial charge in [0.2, 0.25) is 0 Å². The summed E-state index contributed by atoms with van der Waals surface area (Å²) in [5.74, 6) is -0.144. The van der Waals surface area contributed by atoms with Gasteiger partial charge in [-0.25, -0.2) is 4.99 Å². The minimum absolute atomic E-state index is 0.144. The van der Waals surface area contributed by atoms with E-state index in [0.29, 0.717) is 0 Å². The summed E-state index contributed by atoms with van der Waals surface area (Å²) in [6.45, 7) is 3.86. The van der Waals surface area contributed by atoms with Gasteiger partial charge in [-0.05, 0) is 13.3 Å². The summed E-state index contributed by atoms with van der Waals surface area (Å²) >= 11 is 1.42. The zero-order valence-corrected chi connectivity index (χ0v) is 8.40. The fraction of sp³-hybridized carbons (Fsp3) is 0.750. The van der Waals surface area contributed by atoms with E-state index in [-0.39, 0.29) is 5.91 Å². The highest BCUT2D eigenvalue weighted by atomic mass is 32.2. The summed E-state index contributed by atoms with van der Waals surface area (Å²) < 4.78 is 5.22. The van der Waals surface area contributed by atoms with Crippen molar-refractivity contribution < 1.29 is 9.53 Å². The molecule has 3 nitrogen and oxygen atoms in total. The molecule has 4 heteroatoms. The predicted octanol–water partition coefficient (Wildman–Crippen LogP) is 1.82. The van der Waals surface area contributed by atoms with Crippen molar-refractivity contribution in [3.8, 4) is 0 Å². The maximum absolute atomic E-state index is 11.4. The van der Waals surface area contributed by atoms with Crippen LogP contribution in [0.4, 0.5) is 0 Å². The quantitative estimate of drug-likeness (QED) is 0.676. The zero-order chi connectivity index (χ0) is 9.19. The second kappa shape index (κ2) is 3.58. The fourth-order valence-electron chi connectivity index (χ4n) is 1.25. The van der Waals surface area contributed by atoms with E-state index in [1.54, 1.807) is 7.11 Å². The number of thioether (sulfide) groups is 1. The minimum Gasteiger partial charge on any atom is -0.358 e. The molecule has 0 saturated heterocycles. The maximum Gasteiger partial charge on any atom is 0.289 e. The summed E-state index contributed by atoms with van der Waals surface area (Å²) in [5, 5.41) is 0.801. The lowest BCUT2D eigenvalue weighted by Gasteiger charge is -2.22. The lowest BCUT2D eigenvalue weighted by Crippen LogP contribution is -2.33. The lowest BCUT2D eigenvalue weighted by atomic mass is 10.2. The summed E-state index contributed by atoms with van der Waals surface area (Å²) in [4.78, 5) is 14.5. The Balaban J connectivity index is 2.77. The molecule has 1 aliphatic heterocycles. The number of hydrogen-bond acceptors (Lipinski definition) is 3. The van der Waals surface area contributed by atoms with Crippen LogP contribution in [0.1, 0.15) is 26.7 Å². The number of methoxy groups -OCH3 is 1. The smallest absolute Gasteiger partial charge is 0.289 e. The molecule has 1 heterocycles. The van der Waals surface area contributed by atoms with Crippen LogP contribution in [0.15, 0.2) is 4.99 Å². The first-order valence-electron chi connectivity index (χ1n) is 3.98. The average molecular weight is 187 g/mol. The third-order valence-corrected chi connectivity index (χ3v) is 3.07. The van der Waals surface area contributed by atoms with Gasteiger partial charge in [0, 0.05) is 7.11 Å². The van der Waals surface area contributed by atoms with Gasteiger partial charge < -0.3 is 4.74 Å². The molecule has 0 radical (unpaired) electrons. The zero-order valence-electron chi connectivity index (χ0n) is 7.59. The molecule has 0 spiro atoms. The molecule has 0 aliphatic carbocycles. The molecule has 0 bridgehead atoms. The Morgan fingerprint density at radius 2 is 2.33 bits per heavy atom. The van der Waals surface area contributed by atoms with Crippen LogP contribution >= 0.6 is 11.8 Å². The number of carbonyl (C=O) groups excluding carboxylic acids is 1. The second-order valence-corrected chi connectivity index (χ2v) is 4.20. The van der Waals surface area contributed by atoms with E-state index >= 15 is 0 Å². The molecule has 0 aromatic rings. The van der Waals surface area contributed by atoms with E-state index in [9.17, 15) is 4.79 Å². The predicted molar refractivity (Wildman–Crippen MR) is 50.4 cm³/mol. The molecule has 1 atom stereocenters. The van der Waals surface area contributed by atoms with Crippen LogP contribution in [0.3, 0.4) is 0 Å². The number of nitrogens with zero attached hydrogens (tertiary/aromatic N) is 1. The van der Waals surface area contributed by atoms with Crippen molar-refractivity contribution in [2.45, 2.75) is 31.6 Å². The van der Waals surface area contributed by atoms with Crippen LogP contribution in [0.5, 0.6) is 0 Å². The second-order valence-electron chi connectivity index (χ2n) is 2.75. The molecule has 1 unspecified atom stereocenters. The van der Waals surface area contributed by atoms with E-state index in [0.717, 1.165) is 17.9 Å². The molecule has 0 fully saturated rings. The van der Waals surface area contributed by atoms with Crippen molar-refractivity contribution in [3.63, 3.8) is 0 Å². The van der Waals surface area contributed by atoms with Crippen molar-refractivity contribution in [2.75, 3.05) is 7.11 Å². The Kier molecular flexibility index (Phi) is 2.90. The van der Waals surface area contributed by atoms with Gasteiger partial charge in [0.1, 0.15) is 0 Å². The first kappa shape index (κ1) is 9.74. The van der Waals surface area contributed by atoms with Gasteiger partial charge in [0.05, 0.1) is 5.04 Å². The lowest BCUT2D eigenvalue weighted by molar-refractivity contribution is -0.130. The molecule has 0 aromatic heterocycles. The van der Waals surface area contributed by atoms with E-state index in [1.807, 2.05) is 13.8 Å². The molecule has 1 aliphatic rings. The van der Waals surface area contributed by atoms with Gasteiger partial charge in [-0.2, -0.15) is 0 Å². The number of rotatable bonds is 3. The van der Waals surface area contributed by atoms with Gasteiger partial charge in [-0.1, -0.05) is 25.1 Å². The molecule has 0 N–H and O–H groups in total. The summed E-state index contributed by atoms with van der Waals surface area (Å²) in [5.41, 5.74) is 0. The van der Waals surface area contributed by atoms with Crippen LogP contribution in [-0.4, -0.2) is 23.0 Å². The number of ether oxygens (including phenoxy) is 1. The largest absolute Gasteiger partial charge is 0.358 e. The van der Waals surface area contributed by atoms with Gasteiger partial charge >= 0.3 is 0 Å². The van der Waals surface area contributed by atoms with Gasteiger partial charge in [-0.3, -0.25) is 4.79 Å². The van der Waals surface area contributed by atoms with Crippen LogP contribution in [0, 0.1) is 0 Å². The van der Waals surface area contributed by atoms with Gasteiger partial charge in [0.15, 0.2) is 4.93 Å². The molecule has 0 saturated carbocycles. The number of hydrogen-bond donors (Lipinski definition) is 0. The Hall–Kier alpha value is -0.350. The van der Waals surface area contributed by atoms with Crippen molar-refractivity contribution in [3.05, 3.63) is 0 Å². The average Bonchev–Trinajstić information content (AvgIpc) is 2.28. The molecular formula is C8H13NO2S. The minimum atomic E-state index is -0.709. The monoisotopic (exact) mass is 187 g/mol. The molecular weight excluding hydrogens is 174 g/mol. The van der Waals surface area contributed by atoms with Crippen molar-refractivity contribution in [1.29, 1.82) is 0 Å². The van der Waals surface area contributed by atoms with E-state index in [4.69, 9.17) is 4.74 Å². The highest BCUT2D eigenvalue weighted by Gasteiger charge is 2.43. The van der Waals surface area contributed by atoms with Crippen LogP contribution < -0.4 is 0 Å². The molecule has 0 aromatic carbocycles. The van der Waals surface area contributed by atoms with Gasteiger partial charge in [0.25, 0.3) is 5.91 Å². The van der Waals surface area contributed by atoms with E-state index in [2.05, 4.69) is 4.99 Å². The third-order valence-electron chi connectivity index (χ3n) is 1.81. The molecule has 1 rings (SSSR count). The standard InChI is InChI=1S/C8H13NO2S/c1-4-5-8(11-3)7(10)9-6(2)12-8/h4-5H2,1-3H3. The number of aliphatic imine (C=N–C) groups is 1. The SMILES string of the molecule is CCCC1(OC)SC(C)=NC1=O. The fourth-order valence-corrected chi connectivity index (χ4v) is 2.38. The van der Waals surface area contributed by atoms with Crippen LogP contribution in [0.25, 0.3) is 0 Å². The van der Waals surface area contributed by atoms with Crippen LogP contribution in [-0.2, 0) is 9.53 Å². The van der Waals surface area contributed by atoms with Crippen LogP contribution in [0.2, 0.25) is 0 Å². The van der Waals surface area contributed by atoms with Crippen molar-refractivity contribution >= 4 is 22.7 Å². The summed E-state index contributed by atoms with van der Waals surface area (Å²) in [6.07, 6.45) is 1.66. The number of amides is 1. The molecule has 12 heavy (non-hydrogen) atoms. The maximum atomic E-state index is 11.4. The Morgan fingerprint density at radius 3 is 2.67 bits per heavy atom. The highest BCUT2D eigenvalue weighted by Crippen LogP contribution is 2.38. The highest BCUT2D eigenvalue weighted by molar-refractivity contribution is 8.16. The van der Waals surface area contributed by atoms with Gasteiger partial charge in [-0.15, -0.1) is 0 Å². The van der Waals surface area contributed by atoms with Crippen molar-refractivity contribution in [2.24, 2.45) is 4.99 Å². The molecule has 1 amide bonds. The Labute approximate surface area is 76.6 Å². The Morgan fingerprint density at radius 1 is 1.67 bits per heavy atom. The van der Waals surface area contributed by atoms with E-state index < -0.39 is 4.93 Å². The Bertz CT molecular complexity index is 227. The normalized spacial score (nSPS) is 29.2. The molecule has 68 valence electrons. The summed E-state index contributed by atoms with van der Waals surface area (Å²) in [6, 6.07) is 0.